The van der Waals surface area contributed by atoms with Crippen LogP contribution in [0.5, 0.6) is 0 Å². The third-order valence-electron chi connectivity index (χ3n) is 2.63. The molecule has 7 heteroatoms. The van der Waals surface area contributed by atoms with Crippen molar-refractivity contribution in [2.24, 2.45) is 0 Å². The van der Waals surface area contributed by atoms with Crippen molar-refractivity contribution in [2.45, 2.75) is 6.54 Å². The number of benzene rings is 2. The molecule has 2 rings (SSSR count). The van der Waals surface area contributed by atoms with Crippen LogP contribution >= 0.6 is 43.5 Å². The van der Waals surface area contributed by atoms with Gasteiger partial charge >= 0.3 is 0 Å². The number of rotatable bonds is 4. The number of hydrogen-bond donors (Lipinski definition) is 1. The number of halogens is 3. The van der Waals surface area contributed by atoms with E-state index >= 15 is 0 Å². The molecule has 0 aromatic heterocycles. The maximum absolute atomic E-state index is 10.7. The second-order valence-electron chi connectivity index (χ2n) is 4.03. The monoisotopic (exact) mass is 418 g/mol. The molecule has 0 saturated carbocycles. The van der Waals surface area contributed by atoms with E-state index in [1.807, 2.05) is 18.2 Å². The number of nitro benzene ring substituents is 1. The predicted octanol–water partition coefficient (Wildman–Crippen LogP) is 5.39. The zero-order valence-electron chi connectivity index (χ0n) is 10.1. The van der Waals surface area contributed by atoms with Crippen LogP contribution in [0.4, 0.5) is 11.4 Å². The van der Waals surface area contributed by atoms with Gasteiger partial charge in [0.15, 0.2) is 0 Å². The predicted molar refractivity (Wildman–Crippen MR) is 87.3 cm³/mol. The lowest BCUT2D eigenvalue weighted by atomic mass is 10.2. The Morgan fingerprint density at radius 1 is 1.15 bits per heavy atom. The minimum atomic E-state index is -0.428. The van der Waals surface area contributed by atoms with Crippen LogP contribution in [0.15, 0.2) is 45.3 Å². The standard InChI is InChI=1S/C13H9Br2ClN2O2/c14-10-3-1-8(5-12(10)16)7-17-9-2-4-13(18(19)20)11(15)6-9/h1-6,17H,7H2. The van der Waals surface area contributed by atoms with Gasteiger partial charge in [-0.1, -0.05) is 17.7 Å². The van der Waals surface area contributed by atoms with Crippen molar-refractivity contribution in [2.75, 3.05) is 5.32 Å². The van der Waals surface area contributed by atoms with E-state index in [0.717, 1.165) is 15.7 Å². The Labute approximate surface area is 137 Å². The van der Waals surface area contributed by atoms with E-state index in [1.54, 1.807) is 12.1 Å². The van der Waals surface area contributed by atoms with E-state index in [-0.39, 0.29) is 5.69 Å². The first-order valence-corrected chi connectivity index (χ1v) is 7.55. The van der Waals surface area contributed by atoms with Gasteiger partial charge in [-0.25, -0.2) is 0 Å². The summed E-state index contributed by atoms with van der Waals surface area (Å²) in [7, 11) is 0. The molecular weight excluding hydrogens is 411 g/mol. The molecule has 0 aliphatic heterocycles. The van der Waals surface area contributed by atoms with Crippen LogP contribution < -0.4 is 5.32 Å². The van der Waals surface area contributed by atoms with Crippen molar-refractivity contribution in [3.8, 4) is 0 Å². The van der Waals surface area contributed by atoms with E-state index in [4.69, 9.17) is 11.6 Å². The summed E-state index contributed by atoms with van der Waals surface area (Å²) >= 11 is 12.5. The summed E-state index contributed by atoms with van der Waals surface area (Å²) in [5.41, 5.74) is 1.86. The number of hydrogen-bond acceptors (Lipinski definition) is 3. The summed E-state index contributed by atoms with van der Waals surface area (Å²) in [4.78, 5) is 10.3. The van der Waals surface area contributed by atoms with E-state index in [9.17, 15) is 10.1 Å². The highest BCUT2D eigenvalue weighted by molar-refractivity contribution is 9.11. The molecular formula is C13H9Br2ClN2O2. The molecule has 0 aliphatic rings. The largest absolute Gasteiger partial charge is 0.381 e. The van der Waals surface area contributed by atoms with Crippen LogP contribution in [0, 0.1) is 10.1 Å². The van der Waals surface area contributed by atoms with E-state index < -0.39 is 4.92 Å². The topological polar surface area (TPSA) is 55.2 Å². The van der Waals surface area contributed by atoms with Crippen LogP contribution in [-0.2, 0) is 6.54 Å². The summed E-state index contributed by atoms with van der Waals surface area (Å²) in [6.45, 7) is 0.581. The average molecular weight is 420 g/mol. The quantitative estimate of drug-likeness (QED) is 0.533. The highest BCUT2D eigenvalue weighted by Gasteiger charge is 2.11. The maximum Gasteiger partial charge on any atom is 0.283 e. The Hall–Kier alpha value is -1.11. The Morgan fingerprint density at radius 2 is 1.90 bits per heavy atom. The van der Waals surface area contributed by atoms with Crippen LogP contribution in [0.3, 0.4) is 0 Å². The SMILES string of the molecule is O=[N+]([O-])c1ccc(NCc2ccc(Br)c(Cl)c2)cc1Br. The molecule has 0 amide bonds. The lowest BCUT2D eigenvalue weighted by Gasteiger charge is -2.08. The molecule has 0 aliphatic carbocycles. The van der Waals surface area contributed by atoms with Crippen LogP contribution in [0.25, 0.3) is 0 Å². The van der Waals surface area contributed by atoms with E-state index in [2.05, 4.69) is 37.2 Å². The van der Waals surface area contributed by atoms with Gasteiger partial charge in [-0.3, -0.25) is 10.1 Å². The number of anilines is 1. The van der Waals surface area contributed by atoms with Crippen molar-refractivity contribution < 1.29 is 4.92 Å². The van der Waals surface area contributed by atoms with Gasteiger partial charge in [0.1, 0.15) is 0 Å². The first-order chi connectivity index (χ1) is 9.47. The minimum absolute atomic E-state index is 0.0437. The van der Waals surface area contributed by atoms with Gasteiger partial charge in [-0.05, 0) is 61.7 Å². The highest BCUT2D eigenvalue weighted by atomic mass is 79.9. The normalized spacial score (nSPS) is 10.3. The third kappa shape index (κ3) is 3.71. The Morgan fingerprint density at radius 3 is 2.50 bits per heavy atom. The van der Waals surface area contributed by atoms with Crippen molar-refractivity contribution >= 4 is 54.8 Å². The summed E-state index contributed by atoms with van der Waals surface area (Å²) in [5.74, 6) is 0. The molecule has 104 valence electrons. The second kappa shape index (κ2) is 6.56. The van der Waals surface area contributed by atoms with Crippen molar-refractivity contribution in [3.63, 3.8) is 0 Å². The molecule has 0 spiro atoms. The smallest absolute Gasteiger partial charge is 0.283 e. The van der Waals surface area contributed by atoms with Gasteiger partial charge < -0.3 is 5.32 Å². The molecule has 0 bridgehead atoms. The number of nitrogens with zero attached hydrogens (tertiary/aromatic N) is 1. The molecule has 0 fully saturated rings. The van der Waals surface area contributed by atoms with Gasteiger partial charge in [0, 0.05) is 22.8 Å². The molecule has 0 radical (unpaired) electrons. The highest BCUT2D eigenvalue weighted by Crippen LogP contribution is 2.28. The van der Waals surface area contributed by atoms with Crippen molar-refractivity contribution in [1.29, 1.82) is 0 Å². The van der Waals surface area contributed by atoms with Gasteiger partial charge in [0.05, 0.1) is 14.4 Å². The Balaban J connectivity index is 2.09. The lowest BCUT2D eigenvalue weighted by Crippen LogP contribution is -2.00. The zero-order valence-corrected chi connectivity index (χ0v) is 14.0. The van der Waals surface area contributed by atoms with Gasteiger partial charge in [-0.2, -0.15) is 0 Å². The summed E-state index contributed by atoms with van der Waals surface area (Å²) in [6, 6.07) is 10.5. The maximum atomic E-state index is 10.7. The first kappa shape index (κ1) is 15.3. The molecule has 20 heavy (non-hydrogen) atoms. The van der Waals surface area contributed by atoms with Crippen LogP contribution in [0.1, 0.15) is 5.56 Å². The van der Waals surface area contributed by atoms with Crippen LogP contribution in [0.2, 0.25) is 5.02 Å². The molecule has 0 saturated heterocycles. The second-order valence-corrected chi connectivity index (χ2v) is 6.14. The van der Waals surface area contributed by atoms with Gasteiger partial charge in [-0.15, -0.1) is 0 Å². The Kier molecular flexibility index (Phi) is 5.01. The van der Waals surface area contributed by atoms with E-state index in [1.165, 1.54) is 6.07 Å². The van der Waals surface area contributed by atoms with Crippen LogP contribution in [-0.4, -0.2) is 4.92 Å². The average Bonchev–Trinajstić information content (AvgIpc) is 2.40. The summed E-state index contributed by atoms with van der Waals surface area (Å²) < 4.78 is 1.29. The van der Waals surface area contributed by atoms with E-state index in [0.29, 0.717) is 16.0 Å². The fourth-order valence-electron chi connectivity index (χ4n) is 1.62. The number of nitrogens with one attached hydrogen (secondary N) is 1. The molecule has 4 nitrogen and oxygen atoms in total. The van der Waals surface area contributed by atoms with Gasteiger partial charge in [0.25, 0.3) is 5.69 Å². The molecule has 1 N–H and O–H groups in total. The summed E-state index contributed by atoms with van der Waals surface area (Å²) in [5, 5.41) is 14.6. The zero-order chi connectivity index (χ0) is 14.7. The molecule has 0 atom stereocenters. The molecule has 2 aromatic carbocycles. The fraction of sp³-hybridized carbons (Fsp3) is 0.0769. The fourth-order valence-corrected chi connectivity index (χ4v) is 2.59. The number of nitro groups is 1. The van der Waals surface area contributed by atoms with Crippen molar-refractivity contribution in [1.82, 2.24) is 0 Å². The minimum Gasteiger partial charge on any atom is -0.381 e. The van der Waals surface area contributed by atoms with Gasteiger partial charge in [0.2, 0.25) is 0 Å². The lowest BCUT2D eigenvalue weighted by molar-refractivity contribution is -0.385. The van der Waals surface area contributed by atoms with Crippen molar-refractivity contribution in [3.05, 3.63) is 66.0 Å². The first-order valence-electron chi connectivity index (χ1n) is 5.59. The Bertz CT molecular complexity index is 665. The summed E-state index contributed by atoms with van der Waals surface area (Å²) in [6.07, 6.45) is 0. The molecule has 2 aromatic rings. The molecule has 0 heterocycles. The molecule has 0 unspecified atom stereocenters. The third-order valence-corrected chi connectivity index (χ3v) is 4.49.